The zero-order valence-corrected chi connectivity index (χ0v) is 8.34. The maximum Gasteiger partial charge on any atom is 0.125 e. The Hall–Kier alpha value is -0.980. The van der Waals surface area contributed by atoms with Crippen LogP contribution in [0.2, 0.25) is 0 Å². The summed E-state index contributed by atoms with van der Waals surface area (Å²) < 4.78 is 5.72. The molecule has 1 heteroatoms. The average molecular weight is 176 g/mol. The first-order valence-electron chi connectivity index (χ1n) is 5.03. The van der Waals surface area contributed by atoms with Crippen LogP contribution >= 0.6 is 0 Å². The zero-order valence-electron chi connectivity index (χ0n) is 8.34. The van der Waals surface area contributed by atoms with Crippen molar-refractivity contribution in [1.29, 1.82) is 0 Å². The number of aryl methyl sites for hydroxylation is 1. The number of para-hydroxylation sites is 1. The Morgan fingerprint density at radius 3 is 2.92 bits per heavy atom. The van der Waals surface area contributed by atoms with Gasteiger partial charge in [-0.15, -0.1) is 0 Å². The van der Waals surface area contributed by atoms with Gasteiger partial charge in [-0.2, -0.15) is 0 Å². The van der Waals surface area contributed by atoms with Gasteiger partial charge in [0, 0.05) is 0 Å². The van der Waals surface area contributed by atoms with Gasteiger partial charge in [-0.25, -0.2) is 0 Å². The normalized spacial score (nSPS) is 15.3. The van der Waals surface area contributed by atoms with Gasteiger partial charge >= 0.3 is 0 Å². The number of hydrogen-bond donors (Lipinski definition) is 0. The summed E-state index contributed by atoms with van der Waals surface area (Å²) in [6, 6.07) is 6.50. The van der Waals surface area contributed by atoms with E-state index >= 15 is 0 Å². The fourth-order valence-corrected chi connectivity index (χ4v) is 1.87. The van der Waals surface area contributed by atoms with E-state index in [0.29, 0.717) is 5.92 Å². The summed E-state index contributed by atoms with van der Waals surface area (Å²) in [5, 5.41) is 0. The molecule has 0 aromatic heterocycles. The molecule has 0 saturated heterocycles. The lowest BCUT2D eigenvalue weighted by Crippen LogP contribution is -2.10. The molecule has 1 aliphatic rings. The summed E-state index contributed by atoms with van der Waals surface area (Å²) in [7, 11) is 0. The lowest BCUT2D eigenvalue weighted by Gasteiger charge is -2.21. The Kier molecular flexibility index (Phi) is 2.26. The van der Waals surface area contributed by atoms with Crippen LogP contribution in [0.15, 0.2) is 18.2 Å². The van der Waals surface area contributed by atoms with Crippen LogP contribution in [0, 0.1) is 0 Å². The number of hydrogen-bond acceptors (Lipinski definition) is 1. The summed E-state index contributed by atoms with van der Waals surface area (Å²) in [6.07, 6.45) is 2.34. The Balaban J connectivity index is 2.46. The van der Waals surface area contributed by atoms with Crippen molar-refractivity contribution >= 4 is 0 Å². The van der Waals surface area contributed by atoms with Crippen LogP contribution < -0.4 is 4.74 Å². The first-order valence-corrected chi connectivity index (χ1v) is 5.03. The van der Waals surface area contributed by atoms with Crippen molar-refractivity contribution in [3.05, 3.63) is 29.3 Å². The zero-order chi connectivity index (χ0) is 9.26. The minimum Gasteiger partial charge on any atom is -0.493 e. The molecule has 0 unspecified atom stereocenters. The van der Waals surface area contributed by atoms with Crippen molar-refractivity contribution in [2.75, 3.05) is 6.61 Å². The standard InChI is InChI=1S/C12H16O/c1-9(2)11-7-3-5-10-6-4-8-13-12(10)11/h3,5,7,9H,4,6,8H2,1-2H3. The van der Waals surface area contributed by atoms with E-state index < -0.39 is 0 Å². The van der Waals surface area contributed by atoms with E-state index in [4.69, 9.17) is 4.74 Å². The van der Waals surface area contributed by atoms with E-state index in [1.807, 2.05) is 0 Å². The third kappa shape index (κ3) is 1.55. The molecule has 0 bridgehead atoms. The molecule has 2 rings (SSSR count). The summed E-state index contributed by atoms with van der Waals surface area (Å²) in [5.74, 6) is 1.72. The second-order valence-electron chi connectivity index (χ2n) is 3.94. The average Bonchev–Trinajstić information content (AvgIpc) is 2.17. The van der Waals surface area contributed by atoms with Gasteiger partial charge in [0.2, 0.25) is 0 Å². The maximum atomic E-state index is 5.72. The third-order valence-electron chi connectivity index (χ3n) is 2.59. The summed E-state index contributed by atoms with van der Waals surface area (Å²) in [6.45, 7) is 5.32. The summed E-state index contributed by atoms with van der Waals surface area (Å²) in [4.78, 5) is 0. The van der Waals surface area contributed by atoms with Gasteiger partial charge in [0.15, 0.2) is 0 Å². The van der Waals surface area contributed by atoms with Crippen molar-refractivity contribution in [1.82, 2.24) is 0 Å². The van der Waals surface area contributed by atoms with E-state index in [2.05, 4.69) is 32.0 Å². The number of rotatable bonds is 1. The van der Waals surface area contributed by atoms with Crippen LogP contribution in [0.5, 0.6) is 5.75 Å². The van der Waals surface area contributed by atoms with Gasteiger partial charge in [-0.1, -0.05) is 32.0 Å². The molecule has 0 spiro atoms. The maximum absolute atomic E-state index is 5.72. The monoisotopic (exact) mass is 176 g/mol. The van der Waals surface area contributed by atoms with E-state index in [0.717, 1.165) is 18.8 Å². The molecule has 0 fully saturated rings. The van der Waals surface area contributed by atoms with E-state index in [-0.39, 0.29) is 0 Å². The molecular weight excluding hydrogens is 160 g/mol. The molecule has 1 aromatic carbocycles. The van der Waals surface area contributed by atoms with Crippen LogP contribution in [-0.2, 0) is 6.42 Å². The van der Waals surface area contributed by atoms with Crippen molar-refractivity contribution in [3.8, 4) is 5.75 Å². The molecule has 1 nitrogen and oxygen atoms in total. The predicted octanol–water partition coefficient (Wildman–Crippen LogP) is 3.14. The second-order valence-corrected chi connectivity index (χ2v) is 3.94. The van der Waals surface area contributed by atoms with Crippen molar-refractivity contribution < 1.29 is 4.74 Å². The number of fused-ring (bicyclic) bond motifs is 1. The first-order chi connectivity index (χ1) is 6.29. The Bertz CT molecular complexity index is 302. The SMILES string of the molecule is CC(C)c1cccc2c1OCCC2. The molecule has 0 atom stereocenters. The van der Waals surface area contributed by atoms with Crippen LogP contribution in [0.25, 0.3) is 0 Å². The lowest BCUT2D eigenvalue weighted by atomic mass is 9.96. The van der Waals surface area contributed by atoms with Crippen molar-refractivity contribution in [2.45, 2.75) is 32.6 Å². The van der Waals surface area contributed by atoms with Gasteiger partial charge < -0.3 is 4.74 Å². The van der Waals surface area contributed by atoms with Gasteiger partial charge in [-0.3, -0.25) is 0 Å². The molecule has 1 heterocycles. The quantitative estimate of drug-likeness (QED) is 0.638. The van der Waals surface area contributed by atoms with Gasteiger partial charge in [0.05, 0.1) is 6.61 Å². The van der Waals surface area contributed by atoms with Crippen LogP contribution in [0.4, 0.5) is 0 Å². The summed E-state index contributed by atoms with van der Waals surface area (Å²) >= 11 is 0. The highest BCUT2D eigenvalue weighted by Gasteiger charge is 2.15. The molecule has 0 amide bonds. The van der Waals surface area contributed by atoms with E-state index in [1.54, 1.807) is 0 Å². The van der Waals surface area contributed by atoms with Gasteiger partial charge in [-0.05, 0) is 29.9 Å². The van der Waals surface area contributed by atoms with E-state index in [9.17, 15) is 0 Å². The minimum atomic E-state index is 0.563. The minimum absolute atomic E-state index is 0.563. The molecule has 1 aromatic rings. The third-order valence-corrected chi connectivity index (χ3v) is 2.59. The topological polar surface area (TPSA) is 9.23 Å². The highest BCUT2D eigenvalue weighted by molar-refractivity contribution is 5.44. The molecule has 0 saturated carbocycles. The second kappa shape index (κ2) is 3.41. The van der Waals surface area contributed by atoms with Gasteiger partial charge in [0.25, 0.3) is 0 Å². The van der Waals surface area contributed by atoms with Crippen molar-refractivity contribution in [2.24, 2.45) is 0 Å². The van der Waals surface area contributed by atoms with Crippen LogP contribution in [-0.4, -0.2) is 6.61 Å². The largest absolute Gasteiger partial charge is 0.493 e. The molecule has 1 aliphatic heterocycles. The van der Waals surface area contributed by atoms with Crippen LogP contribution in [0.3, 0.4) is 0 Å². The highest BCUT2D eigenvalue weighted by atomic mass is 16.5. The smallest absolute Gasteiger partial charge is 0.125 e. The molecule has 0 N–H and O–H groups in total. The number of ether oxygens (including phenoxy) is 1. The molecule has 13 heavy (non-hydrogen) atoms. The first kappa shape index (κ1) is 8.61. The lowest BCUT2D eigenvalue weighted by molar-refractivity contribution is 0.284. The Morgan fingerprint density at radius 1 is 1.31 bits per heavy atom. The van der Waals surface area contributed by atoms with Gasteiger partial charge in [0.1, 0.15) is 5.75 Å². The fourth-order valence-electron chi connectivity index (χ4n) is 1.87. The molecule has 0 aliphatic carbocycles. The molecule has 0 radical (unpaired) electrons. The highest BCUT2D eigenvalue weighted by Crippen LogP contribution is 2.33. The molecular formula is C12H16O. The summed E-state index contributed by atoms with van der Waals surface area (Å²) in [5.41, 5.74) is 2.75. The predicted molar refractivity (Wildman–Crippen MR) is 54.3 cm³/mol. The van der Waals surface area contributed by atoms with E-state index in [1.165, 1.54) is 17.5 Å². The fraction of sp³-hybridized carbons (Fsp3) is 0.500. The van der Waals surface area contributed by atoms with Crippen molar-refractivity contribution in [3.63, 3.8) is 0 Å². The Morgan fingerprint density at radius 2 is 2.15 bits per heavy atom. The number of benzene rings is 1. The molecule has 70 valence electrons. The Labute approximate surface area is 79.7 Å². The van der Waals surface area contributed by atoms with Crippen LogP contribution in [0.1, 0.15) is 37.3 Å².